The lowest BCUT2D eigenvalue weighted by Crippen LogP contribution is -2.57. The Kier molecular flexibility index (Phi) is 7.20. The fraction of sp³-hybridized carbons (Fsp3) is 0.632. The van der Waals surface area contributed by atoms with Crippen LogP contribution in [0, 0.1) is 0 Å². The second-order valence-corrected chi connectivity index (χ2v) is 11.0. The fourth-order valence-corrected chi connectivity index (χ4v) is 5.97. The molecule has 2 saturated heterocycles. The number of likely N-dealkylation sites (tertiary alicyclic amines) is 2. The Morgan fingerprint density at radius 3 is 2.54 bits per heavy atom. The van der Waals surface area contributed by atoms with Gasteiger partial charge in [-0.3, -0.25) is 4.79 Å². The summed E-state index contributed by atoms with van der Waals surface area (Å²) in [7, 11) is -3.70. The summed E-state index contributed by atoms with van der Waals surface area (Å²) in [5.74, 6) is -0.0922. The van der Waals surface area contributed by atoms with Crippen molar-refractivity contribution in [3.63, 3.8) is 0 Å². The maximum Gasteiger partial charge on any atom is 0.241 e. The van der Waals surface area contributed by atoms with Gasteiger partial charge < -0.3 is 9.80 Å². The molecule has 0 aromatic carbocycles. The first-order chi connectivity index (χ1) is 13.2. The Morgan fingerprint density at radius 2 is 1.93 bits per heavy atom. The Hall–Kier alpha value is -0.930. The molecule has 0 spiro atoms. The van der Waals surface area contributed by atoms with Gasteiger partial charge in [0.05, 0.1) is 4.34 Å². The summed E-state index contributed by atoms with van der Waals surface area (Å²) in [5, 5.41) is 1.11. The van der Waals surface area contributed by atoms with Gasteiger partial charge in [-0.15, -0.1) is 11.3 Å². The Labute approximate surface area is 176 Å². The van der Waals surface area contributed by atoms with E-state index in [4.69, 9.17) is 11.6 Å². The fourth-order valence-electron chi connectivity index (χ4n) is 3.90. The number of rotatable bonds is 6. The predicted octanol–water partition coefficient (Wildman–Crippen LogP) is 3.16. The van der Waals surface area contributed by atoms with Crippen molar-refractivity contribution in [2.75, 3.05) is 19.6 Å². The zero-order valence-corrected chi connectivity index (χ0v) is 18.7. The summed E-state index contributed by atoms with van der Waals surface area (Å²) in [6.07, 6.45) is 4.75. The molecule has 1 amide bonds. The lowest BCUT2D eigenvalue weighted by molar-refractivity contribution is -0.139. The summed E-state index contributed by atoms with van der Waals surface area (Å²) in [4.78, 5) is 18.0. The van der Waals surface area contributed by atoms with Crippen molar-refractivity contribution in [3.05, 3.63) is 26.8 Å². The largest absolute Gasteiger partial charge is 0.338 e. The molecule has 1 aromatic rings. The number of carbonyl (C=O) groups excluding carboxylic acids is 1. The van der Waals surface area contributed by atoms with Gasteiger partial charge in [0.25, 0.3) is 0 Å². The number of hydrogen-bond acceptors (Lipinski definition) is 5. The number of thiophene rings is 1. The van der Waals surface area contributed by atoms with E-state index in [-0.39, 0.29) is 11.9 Å². The van der Waals surface area contributed by atoms with Gasteiger partial charge in [-0.2, -0.15) is 4.72 Å². The third kappa shape index (κ3) is 5.57. The van der Waals surface area contributed by atoms with Crippen LogP contribution in [0.25, 0.3) is 6.08 Å². The molecule has 0 aliphatic carbocycles. The summed E-state index contributed by atoms with van der Waals surface area (Å²) in [6.45, 7) is 7.06. The molecule has 2 aliphatic rings. The third-order valence-electron chi connectivity index (χ3n) is 5.46. The van der Waals surface area contributed by atoms with Crippen molar-refractivity contribution >= 4 is 44.9 Å². The van der Waals surface area contributed by atoms with E-state index in [2.05, 4.69) is 23.5 Å². The highest BCUT2D eigenvalue weighted by Crippen LogP contribution is 2.24. The molecule has 1 atom stereocenters. The first kappa shape index (κ1) is 21.8. The quantitative estimate of drug-likeness (QED) is 0.730. The molecule has 0 saturated carbocycles. The number of hydrogen-bond donors (Lipinski definition) is 1. The molecule has 1 aromatic heterocycles. The van der Waals surface area contributed by atoms with Crippen molar-refractivity contribution in [1.29, 1.82) is 0 Å². The highest BCUT2D eigenvalue weighted by atomic mass is 35.5. The molecule has 2 fully saturated rings. The van der Waals surface area contributed by atoms with Crippen LogP contribution in [-0.2, 0) is 14.8 Å². The van der Waals surface area contributed by atoms with E-state index >= 15 is 0 Å². The van der Waals surface area contributed by atoms with Crippen molar-refractivity contribution in [3.8, 4) is 0 Å². The lowest BCUT2D eigenvalue weighted by Gasteiger charge is -2.43. The highest BCUT2D eigenvalue weighted by Gasteiger charge is 2.36. The molecular formula is C19H28ClN3O3S2. The number of halogens is 1. The minimum atomic E-state index is -3.70. The smallest absolute Gasteiger partial charge is 0.241 e. The number of piperidine rings is 2. The molecule has 3 heterocycles. The summed E-state index contributed by atoms with van der Waals surface area (Å²) < 4.78 is 28.0. The van der Waals surface area contributed by atoms with Crippen LogP contribution >= 0.6 is 22.9 Å². The molecule has 1 N–H and O–H groups in total. The number of amides is 1. The van der Waals surface area contributed by atoms with Crippen LogP contribution in [0.2, 0.25) is 4.34 Å². The van der Waals surface area contributed by atoms with Crippen molar-refractivity contribution in [1.82, 2.24) is 14.5 Å². The second kappa shape index (κ2) is 9.26. The van der Waals surface area contributed by atoms with E-state index in [0.29, 0.717) is 23.3 Å². The number of nitrogens with zero attached hydrogens (tertiary/aromatic N) is 2. The first-order valence-corrected chi connectivity index (χ1v) is 12.5. The normalized spacial score (nSPS) is 23.2. The number of sulfonamides is 1. The summed E-state index contributed by atoms with van der Waals surface area (Å²) in [5.41, 5.74) is 0. The summed E-state index contributed by atoms with van der Waals surface area (Å²) >= 11 is 7.17. The van der Waals surface area contributed by atoms with Crippen LogP contribution in [-0.4, -0.2) is 61.9 Å². The van der Waals surface area contributed by atoms with Crippen LogP contribution in [0.3, 0.4) is 0 Å². The maximum atomic E-state index is 12.9. The number of carbonyl (C=O) groups is 1. The van der Waals surface area contributed by atoms with Crippen molar-refractivity contribution < 1.29 is 13.2 Å². The molecule has 28 heavy (non-hydrogen) atoms. The Bertz CT molecular complexity index is 814. The zero-order valence-electron chi connectivity index (χ0n) is 16.3. The highest BCUT2D eigenvalue weighted by molar-refractivity contribution is 7.92. The zero-order chi connectivity index (χ0) is 20.3. The molecule has 6 nitrogen and oxygen atoms in total. The van der Waals surface area contributed by atoms with Crippen LogP contribution in [0.4, 0.5) is 0 Å². The van der Waals surface area contributed by atoms with Gasteiger partial charge in [-0.05, 0) is 57.7 Å². The Morgan fingerprint density at radius 1 is 1.21 bits per heavy atom. The van der Waals surface area contributed by atoms with Gasteiger partial charge in [-0.1, -0.05) is 11.6 Å². The van der Waals surface area contributed by atoms with E-state index in [9.17, 15) is 13.2 Å². The standard InChI is InChI=1S/C19H28ClN3O3S2/c1-14(2)22-11-7-15(8-12-22)23-10-3-4-17(19(23)24)21-28(25,26)13-9-16-5-6-18(20)27-16/h5-6,9,13-15,17,21H,3-4,7-8,10-12H2,1-2H3/t17-/m0/s1. The molecule has 2 aliphatic heterocycles. The first-order valence-electron chi connectivity index (χ1n) is 9.75. The molecule has 0 radical (unpaired) electrons. The molecule has 9 heteroatoms. The van der Waals surface area contributed by atoms with E-state index in [0.717, 1.165) is 42.6 Å². The van der Waals surface area contributed by atoms with Crippen LogP contribution in [0.1, 0.15) is 44.4 Å². The van der Waals surface area contributed by atoms with E-state index in [1.54, 1.807) is 12.1 Å². The second-order valence-electron chi connectivity index (χ2n) is 7.69. The molecule has 0 unspecified atom stereocenters. The van der Waals surface area contributed by atoms with Gasteiger partial charge in [0, 0.05) is 42.0 Å². The molecular weight excluding hydrogens is 418 g/mol. The van der Waals surface area contributed by atoms with E-state index in [1.807, 2.05) is 4.90 Å². The van der Waals surface area contributed by atoms with Gasteiger partial charge in [0.2, 0.25) is 15.9 Å². The van der Waals surface area contributed by atoms with Gasteiger partial charge in [0.15, 0.2) is 0 Å². The van der Waals surface area contributed by atoms with Gasteiger partial charge in [0.1, 0.15) is 6.04 Å². The molecule has 0 bridgehead atoms. The molecule has 3 rings (SSSR count). The summed E-state index contributed by atoms with van der Waals surface area (Å²) in [6, 6.07) is 3.52. The Balaban J connectivity index is 1.60. The predicted molar refractivity (Wildman–Crippen MR) is 115 cm³/mol. The monoisotopic (exact) mass is 445 g/mol. The van der Waals surface area contributed by atoms with Gasteiger partial charge >= 0.3 is 0 Å². The van der Waals surface area contributed by atoms with Crippen LogP contribution < -0.4 is 4.72 Å². The van der Waals surface area contributed by atoms with Crippen molar-refractivity contribution in [2.45, 2.75) is 57.7 Å². The van der Waals surface area contributed by atoms with E-state index in [1.165, 1.54) is 17.4 Å². The molecule has 156 valence electrons. The maximum absolute atomic E-state index is 12.9. The lowest BCUT2D eigenvalue weighted by atomic mass is 9.97. The number of nitrogens with one attached hydrogen (secondary N) is 1. The minimum absolute atomic E-state index is 0.0922. The van der Waals surface area contributed by atoms with Gasteiger partial charge in [-0.25, -0.2) is 8.42 Å². The van der Waals surface area contributed by atoms with E-state index < -0.39 is 16.1 Å². The minimum Gasteiger partial charge on any atom is -0.338 e. The topological polar surface area (TPSA) is 69.7 Å². The van der Waals surface area contributed by atoms with Crippen molar-refractivity contribution in [2.24, 2.45) is 0 Å². The average molecular weight is 446 g/mol. The average Bonchev–Trinajstić information content (AvgIpc) is 3.07. The van der Waals surface area contributed by atoms with Crippen LogP contribution in [0.15, 0.2) is 17.5 Å². The SMILES string of the molecule is CC(C)N1CCC(N2CCC[C@H](NS(=O)(=O)C=Cc3ccc(Cl)s3)C2=O)CC1. The van der Waals surface area contributed by atoms with Crippen LogP contribution in [0.5, 0.6) is 0 Å². The third-order valence-corrected chi connectivity index (χ3v) is 7.76.